The number of ether oxygens (including phenoxy) is 1. The molecule has 1 aromatic rings. The standard InChI is InChI=1S/C13H24N4O/c1-6-7-18-12-10(14)11(15-9-16-12)17(5)8-13(2,3)4/h9H,6-8,14H2,1-5H3. The maximum atomic E-state index is 6.05. The van der Waals surface area contributed by atoms with Crippen LogP contribution >= 0.6 is 0 Å². The summed E-state index contributed by atoms with van der Waals surface area (Å²) in [5, 5.41) is 0. The van der Waals surface area contributed by atoms with Gasteiger partial charge in [-0.2, -0.15) is 4.98 Å². The van der Waals surface area contributed by atoms with E-state index in [4.69, 9.17) is 10.5 Å². The van der Waals surface area contributed by atoms with Crippen LogP contribution in [0.25, 0.3) is 0 Å². The molecule has 0 aromatic carbocycles. The van der Waals surface area contributed by atoms with Gasteiger partial charge in [0.25, 0.3) is 0 Å². The minimum absolute atomic E-state index is 0.177. The van der Waals surface area contributed by atoms with Gasteiger partial charge in [0.15, 0.2) is 5.82 Å². The Labute approximate surface area is 109 Å². The van der Waals surface area contributed by atoms with E-state index in [0.29, 0.717) is 18.2 Å². The van der Waals surface area contributed by atoms with Crippen LogP contribution in [0.1, 0.15) is 34.1 Å². The van der Waals surface area contributed by atoms with Crippen molar-refractivity contribution < 1.29 is 4.74 Å². The van der Waals surface area contributed by atoms with Crippen molar-refractivity contribution in [2.75, 3.05) is 30.8 Å². The first kappa shape index (κ1) is 14.5. The molecular formula is C13H24N4O. The molecule has 1 heterocycles. The van der Waals surface area contributed by atoms with E-state index in [1.165, 1.54) is 6.33 Å². The van der Waals surface area contributed by atoms with Gasteiger partial charge in [-0.15, -0.1) is 0 Å². The van der Waals surface area contributed by atoms with Gasteiger partial charge in [-0.05, 0) is 11.8 Å². The molecule has 0 saturated carbocycles. The molecular weight excluding hydrogens is 228 g/mol. The molecule has 0 aliphatic rings. The number of hydrogen-bond donors (Lipinski definition) is 1. The molecule has 0 fully saturated rings. The smallest absolute Gasteiger partial charge is 0.242 e. The Morgan fingerprint density at radius 1 is 1.33 bits per heavy atom. The summed E-state index contributed by atoms with van der Waals surface area (Å²) < 4.78 is 5.50. The average Bonchev–Trinajstić information content (AvgIpc) is 2.25. The number of nitrogens with two attached hydrogens (primary N) is 1. The molecule has 0 bridgehead atoms. The van der Waals surface area contributed by atoms with Gasteiger partial charge in [0.05, 0.1) is 6.61 Å². The summed E-state index contributed by atoms with van der Waals surface area (Å²) in [6.45, 7) is 10.1. The summed E-state index contributed by atoms with van der Waals surface area (Å²) in [7, 11) is 1.98. The van der Waals surface area contributed by atoms with Crippen LogP contribution in [0, 0.1) is 5.41 Å². The second kappa shape index (κ2) is 5.89. The van der Waals surface area contributed by atoms with E-state index in [1.807, 2.05) is 18.9 Å². The van der Waals surface area contributed by atoms with Crippen LogP contribution in [-0.4, -0.2) is 30.2 Å². The molecule has 0 saturated heterocycles. The Morgan fingerprint density at radius 3 is 2.56 bits per heavy atom. The molecule has 0 atom stereocenters. The first-order valence-electron chi connectivity index (χ1n) is 6.29. The minimum Gasteiger partial charge on any atom is -0.476 e. The first-order valence-corrected chi connectivity index (χ1v) is 6.29. The zero-order valence-corrected chi connectivity index (χ0v) is 12.0. The van der Waals surface area contributed by atoms with Crippen LogP contribution in [0.5, 0.6) is 5.88 Å². The molecule has 102 valence electrons. The van der Waals surface area contributed by atoms with Crippen molar-refractivity contribution in [3.05, 3.63) is 6.33 Å². The van der Waals surface area contributed by atoms with Crippen molar-refractivity contribution in [2.45, 2.75) is 34.1 Å². The van der Waals surface area contributed by atoms with E-state index >= 15 is 0 Å². The van der Waals surface area contributed by atoms with E-state index in [2.05, 4.69) is 30.7 Å². The van der Waals surface area contributed by atoms with Crippen LogP contribution in [0.15, 0.2) is 6.33 Å². The predicted octanol–water partition coefficient (Wildman–Crippen LogP) is 2.33. The Morgan fingerprint density at radius 2 is 2.00 bits per heavy atom. The molecule has 0 radical (unpaired) electrons. The van der Waals surface area contributed by atoms with Crippen LogP contribution in [0.2, 0.25) is 0 Å². The van der Waals surface area contributed by atoms with Gasteiger partial charge >= 0.3 is 0 Å². The molecule has 0 amide bonds. The van der Waals surface area contributed by atoms with E-state index in [9.17, 15) is 0 Å². The van der Waals surface area contributed by atoms with Crippen molar-refractivity contribution in [1.82, 2.24) is 9.97 Å². The molecule has 5 heteroatoms. The lowest BCUT2D eigenvalue weighted by Gasteiger charge is -2.28. The summed E-state index contributed by atoms with van der Waals surface area (Å²) in [6, 6.07) is 0. The van der Waals surface area contributed by atoms with E-state index in [1.54, 1.807) is 0 Å². The molecule has 0 spiro atoms. The zero-order valence-electron chi connectivity index (χ0n) is 12.0. The van der Waals surface area contributed by atoms with Crippen molar-refractivity contribution in [2.24, 2.45) is 5.41 Å². The maximum absolute atomic E-state index is 6.05. The third-order valence-electron chi connectivity index (χ3n) is 2.34. The lowest BCUT2D eigenvalue weighted by Crippen LogP contribution is -2.30. The molecule has 18 heavy (non-hydrogen) atoms. The van der Waals surface area contributed by atoms with Crippen LogP contribution in [0.4, 0.5) is 11.5 Å². The van der Waals surface area contributed by atoms with Crippen molar-refractivity contribution in [1.29, 1.82) is 0 Å². The van der Waals surface area contributed by atoms with Gasteiger partial charge in [-0.3, -0.25) is 0 Å². The largest absolute Gasteiger partial charge is 0.476 e. The summed E-state index contributed by atoms with van der Waals surface area (Å²) in [5.74, 6) is 1.20. The number of nitrogen functional groups attached to an aromatic ring is 1. The number of rotatable bonds is 5. The molecule has 0 aliphatic heterocycles. The first-order chi connectivity index (χ1) is 8.35. The third kappa shape index (κ3) is 4.05. The Balaban J connectivity index is 2.89. The molecule has 5 nitrogen and oxygen atoms in total. The summed E-state index contributed by atoms with van der Waals surface area (Å²) in [5.41, 5.74) is 6.74. The van der Waals surface area contributed by atoms with Crippen LogP contribution in [0.3, 0.4) is 0 Å². The topological polar surface area (TPSA) is 64.3 Å². The van der Waals surface area contributed by atoms with Gasteiger partial charge in [0.1, 0.15) is 12.0 Å². The number of hydrogen-bond acceptors (Lipinski definition) is 5. The van der Waals surface area contributed by atoms with Gasteiger partial charge in [-0.25, -0.2) is 4.98 Å². The number of anilines is 2. The highest BCUT2D eigenvalue weighted by molar-refractivity contribution is 5.67. The fraction of sp³-hybridized carbons (Fsp3) is 0.692. The van der Waals surface area contributed by atoms with Crippen LogP contribution in [-0.2, 0) is 0 Å². The van der Waals surface area contributed by atoms with Crippen molar-refractivity contribution in [3.63, 3.8) is 0 Å². The highest BCUT2D eigenvalue weighted by Crippen LogP contribution is 2.29. The number of aromatic nitrogens is 2. The maximum Gasteiger partial charge on any atom is 0.242 e. The van der Waals surface area contributed by atoms with Gasteiger partial charge in [0.2, 0.25) is 5.88 Å². The van der Waals surface area contributed by atoms with Gasteiger partial charge < -0.3 is 15.4 Å². The third-order valence-corrected chi connectivity index (χ3v) is 2.34. The molecule has 0 unspecified atom stereocenters. The van der Waals surface area contributed by atoms with Gasteiger partial charge in [-0.1, -0.05) is 27.7 Å². The highest BCUT2D eigenvalue weighted by atomic mass is 16.5. The van der Waals surface area contributed by atoms with Crippen LogP contribution < -0.4 is 15.4 Å². The average molecular weight is 252 g/mol. The fourth-order valence-electron chi connectivity index (χ4n) is 1.78. The summed E-state index contributed by atoms with van der Waals surface area (Å²) in [6.07, 6.45) is 2.42. The lowest BCUT2D eigenvalue weighted by molar-refractivity contribution is 0.306. The second-order valence-electron chi connectivity index (χ2n) is 5.68. The molecule has 0 aliphatic carbocycles. The Hall–Kier alpha value is -1.52. The predicted molar refractivity (Wildman–Crippen MR) is 75.0 cm³/mol. The molecule has 1 aromatic heterocycles. The minimum atomic E-state index is 0.177. The fourth-order valence-corrected chi connectivity index (χ4v) is 1.78. The van der Waals surface area contributed by atoms with Crippen molar-refractivity contribution in [3.8, 4) is 5.88 Å². The van der Waals surface area contributed by atoms with E-state index in [-0.39, 0.29) is 5.41 Å². The highest BCUT2D eigenvalue weighted by Gasteiger charge is 2.18. The summed E-state index contributed by atoms with van der Waals surface area (Å²) in [4.78, 5) is 10.3. The number of nitrogens with zero attached hydrogens (tertiary/aromatic N) is 3. The quantitative estimate of drug-likeness (QED) is 0.871. The molecule has 2 N–H and O–H groups in total. The van der Waals surface area contributed by atoms with E-state index in [0.717, 1.165) is 18.8 Å². The second-order valence-corrected chi connectivity index (χ2v) is 5.68. The van der Waals surface area contributed by atoms with Gasteiger partial charge in [0, 0.05) is 13.6 Å². The summed E-state index contributed by atoms with van der Waals surface area (Å²) >= 11 is 0. The zero-order chi connectivity index (χ0) is 13.8. The molecule has 1 rings (SSSR count). The monoisotopic (exact) mass is 252 g/mol. The SMILES string of the molecule is CCCOc1ncnc(N(C)CC(C)(C)C)c1N. The van der Waals surface area contributed by atoms with Crippen molar-refractivity contribution >= 4 is 11.5 Å². The Kier molecular flexibility index (Phi) is 4.76. The normalized spacial score (nSPS) is 11.4. The Bertz CT molecular complexity index is 387. The lowest BCUT2D eigenvalue weighted by atomic mass is 9.96. The van der Waals surface area contributed by atoms with E-state index < -0.39 is 0 Å².